The first kappa shape index (κ1) is 13.8. The lowest BCUT2D eigenvalue weighted by Crippen LogP contribution is -2.33. The predicted octanol–water partition coefficient (Wildman–Crippen LogP) is 1.01. The Hall–Kier alpha value is -2.62. The van der Waals surface area contributed by atoms with E-state index in [4.69, 9.17) is 5.26 Å². The standard InChI is InChI=1S/C13H11FN4O2/c1-18-12(19)5-4-11(17-18)13(20)9(6-15)10-3-2-8(14)7-16-10/h2-3,7,9H,4-5H2,1H3/t9-/m1/s1. The quantitative estimate of drug-likeness (QED) is 0.823. The molecule has 0 fully saturated rings. The molecule has 0 bridgehead atoms. The van der Waals surface area contributed by atoms with E-state index in [0.717, 1.165) is 17.3 Å². The molecule has 0 radical (unpaired) electrons. The summed E-state index contributed by atoms with van der Waals surface area (Å²) in [5.74, 6) is -2.38. The Labute approximate surface area is 114 Å². The molecule has 0 saturated carbocycles. The number of carbonyl (C=O) groups excluding carboxylic acids is 2. The maximum Gasteiger partial charge on any atom is 0.242 e. The van der Waals surface area contributed by atoms with Crippen molar-refractivity contribution in [3.05, 3.63) is 29.8 Å². The number of pyridine rings is 1. The van der Waals surface area contributed by atoms with Gasteiger partial charge >= 0.3 is 0 Å². The molecule has 1 aromatic rings. The Bertz CT molecular complexity index is 618. The van der Waals surface area contributed by atoms with Gasteiger partial charge in [-0.15, -0.1) is 0 Å². The van der Waals surface area contributed by atoms with Gasteiger partial charge < -0.3 is 0 Å². The van der Waals surface area contributed by atoms with Gasteiger partial charge in [-0.3, -0.25) is 14.6 Å². The highest BCUT2D eigenvalue weighted by Crippen LogP contribution is 2.18. The zero-order valence-corrected chi connectivity index (χ0v) is 10.7. The minimum atomic E-state index is -1.14. The largest absolute Gasteiger partial charge is 0.291 e. The lowest BCUT2D eigenvalue weighted by molar-refractivity contribution is -0.130. The van der Waals surface area contributed by atoms with Crippen LogP contribution < -0.4 is 0 Å². The van der Waals surface area contributed by atoms with Crippen LogP contribution in [0.3, 0.4) is 0 Å². The molecule has 7 heteroatoms. The number of aromatic nitrogens is 1. The highest BCUT2D eigenvalue weighted by atomic mass is 19.1. The van der Waals surface area contributed by atoms with Crippen molar-refractivity contribution in [2.45, 2.75) is 18.8 Å². The number of amides is 1. The van der Waals surface area contributed by atoms with Gasteiger partial charge in [0.25, 0.3) is 0 Å². The lowest BCUT2D eigenvalue weighted by Gasteiger charge is -2.19. The van der Waals surface area contributed by atoms with Crippen LogP contribution in [0, 0.1) is 17.1 Å². The number of ketones is 1. The fraction of sp³-hybridized carbons (Fsp3) is 0.308. The molecule has 6 nitrogen and oxygen atoms in total. The number of carbonyl (C=O) groups is 2. The van der Waals surface area contributed by atoms with E-state index in [0.29, 0.717) is 0 Å². The van der Waals surface area contributed by atoms with E-state index in [9.17, 15) is 14.0 Å². The smallest absolute Gasteiger partial charge is 0.242 e. The number of hydrogen-bond acceptors (Lipinski definition) is 5. The number of hydrazone groups is 1. The van der Waals surface area contributed by atoms with Crippen LogP contribution in [-0.4, -0.2) is 34.4 Å². The molecule has 0 spiro atoms. The first-order valence-electron chi connectivity index (χ1n) is 5.92. The first-order chi connectivity index (χ1) is 9.52. The minimum absolute atomic E-state index is 0.157. The van der Waals surface area contributed by atoms with Gasteiger partial charge in [-0.2, -0.15) is 10.4 Å². The van der Waals surface area contributed by atoms with Crippen LogP contribution in [0.25, 0.3) is 0 Å². The number of nitrogens with zero attached hydrogens (tertiary/aromatic N) is 4. The molecule has 2 heterocycles. The van der Waals surface area contributed by atoms with Crippen molar-refractivity contribution in [1.29, 1.82) is 5.26 Å². The average Bonchev–Trinajstić information content (AvgIpc) is 2.44. The number of nitriles is 1. The van der Waals surface area contributed by atoms with Crippen LogP contribution in [0.2, 0.25) is 0 Å². The summed E-state index contributed by atoms with van der Waals surface area (Å²) in [4.78, 5) is 27.3. The summed E-state index contributed by atoms with van der Waals surface area (Å²) in [6.45, 7) is 0. The molecular formula is C13H11FN4O2. The van der Waals surface area contributed by atoms with Crippen LogP contribution >= 0.6 is 0 Å². The molecule has 0 saturated heterocycles. The van der Waals surface area contributed by atoms with E-state index in [1.54, 1.807) is 0 Å². The van der Waals surface area contributed by atoms with Gasteiger partial charge in [-0.1, -0.05) is 0 Å². The summed E-state index contributed by atoms with van der Waals surface area (Å²) in [6, 6.07) is 4.27. The van der Waals surface area contributed by atoms with Crippen molar-refractivity contribution in [1.82, 2.24) is 9.99 Å². The second-order valence-corrected chi connectivity index (χ2v) is 4.29. The Balaban J connectivity index is 2.27. The normalized spacial score (nSPS) is 16.4. The number of Topliss-reactive ketones (excluding diaryl/α,β-unsaturated/α-hetero) is 1. The SMILES string of the molecule is CN1N=C(C(=O)[C@H](C#N)c2ccc(F)cn2)CCC1=O. The topological polar surface area (TPSA) is 86.4 Å². The third kappa shape index (κ3) is 2.69. The number of hydrogen-bond donors (Lipinski definition) is 0. The van der Waals surface area contributed by atoms with Crippen molar-refractivity contribution in [2.75, 3.05) is 7.05 Å². The van der Waals surface area contributed by atoms with E-state index < -0.39 is 17.5 Å². The maximum atomic E-state index is 12.8. The van der Waals surface area contributed by atoms with Gasteiger partial charge in [0.1, 0.15) is 11.5 Å². The van der Waals surface area contributed by atoms with Gasteiger partial charge in [0.05, 0.1) is 18.0 Å². The third-order valence-corrected chi connectivity index (χ3v) is 2.93. The summed E-state index contributed by atoms with van der Waals surface area (Å²) in [6.07, 6.45) is 1.32. The second-order valence-electron chi connectivity index (χ2n) is 4.29. The predicted molar refractivity (Wildman–Crippen MR) is 67.0 cm³/mol. The van der Waals surface area contributed by atoms with Crippen LogP contribution in [0.4, 0.5) is 4.39 Å². The third-order valence-electron chi connectivity index (χ3n) is 2.93. The van der Waals surface area contributed by atoms with E-state index in [-0.39, 0.29) is 30.2 Å². The summed E-state index contributed by atoms with van der Waals surface area (Å²) in [5, 5.41) is 14.1. The molecule has 1 aliphatic heterocycles. The first-order valence-corrected chi connectivity index (χ1v) is 5.92. The second kappa shape index (κ2) is 5.57. The zero-order valence-electron chi connectivity index (χ0n) is 10.7. The minimum Gasteiger partial charge on any atom is -0.291 e. The molecule has 0 unspecified atom stereocenters. The summed E-state index contributed by atoms with van der Waals surface area (Å²) in [5.41, 5.74) is 0.325. The molecule has 1 atom stereocenters. The van der Waals surface area contributed by atoms with Gasteiger partial charge in [0.2, 0.25) is 11.7 Å². The maximum absolute atomic E-state index is 12.8. The fourth-order valence-corrected chi connectivity index (χ4v) is 1.83. The Morgan fingerprint density at radius 2 is 2.25 bits per heavy atom. The molecular weight excluding hydrogens is 263 g/mol. The molecule has 1 aromatic heterocycles. The molecule has 1 aliphatic rings. The summed E-state index contributed by atoms with van der Waals surface area (Å²) < 4.78 is 12.8. The number of halogens is 1. The molecule has 20 heavy (non-hydrogen) atoms. The van der Waals surface area contributed by atoms with Crippen molar-refractivity contribution >= 4 is 17.4 Å². The highest BCUT2D eigenvalue weighted by molar-refractivity contribution is 6.42. The Morgan fingerprint density at radius 1 is 1.50 bits per heavy atom. The van der Waals surface area contributed by atoms with Crippen molar-refractivity contribution in [2.24, 2.45) is 5.10 Å². The van der Waals surface area contributed by atoms with Crippen molar-refractivity contribution in [3.63, 3.8) is 0 Å². The summed E-state index contributed by atoms with van der Waals surface area (Å²) >= 11 is 0. The molecule has 0 aliphatic carbocycles. The molecule has 0 aromatic carbocycles. The van der Waals surface area contributed by atoms with Gasteiger partial charge in [0.15, 0.2) is 5.92 Å². The van der Waals surface area contributed by atoms with E-state index in [1.807, 2.05) is 6.07 Å². The molecule has 0 N–H and O–H groups in total. The van der Waals surface area contributed by atoms with Crippen LogP contribution in [-0.2, 0) is 9.59 Å². The van der Waals surface area contributed by atoms with Gasteiger partial charge in [0, 0.05) is 19.9 Å². The van der Waals surface area contributed by atoms with Crippen LogP contribution in [0.5, 0.6) is 0 Å². The average molecular weight is 274 g/mol. The highest BCUT2D eigenvalue weighted by Gasteiger charge is 2.29. The monoisotopic (exact) mass is 274 g/mol. The van der Waals surface area contributed by atoms with Gasteiger partial charge in [-0.05, 0) is 12.1 Å². The van der Waals surface area contributed by atoms with E-state index >= 15 is 0 Å². The lowest BCUT2D eigenvalue weighted by atomic mass is 9.95. The molecule has 1 amide bonds. The van der Waals surface area contributed by atoms with Gasteiger partial charge in [-0.25, -0.2) is 9.40 Å². The molecule has 102 valence electrons. The van der Waals surface area contributed by atoms with Crippen molar-refractivity contribution in [3.8, 4) is 6.07 Å². The van der Waals surface area contributed by atoms with Crippen molar-refractivity contribution < 1.29 is 14.0 Å². The fourth-order valence-electron chi connectivity index (χ4n) is 1.83. The van der Waals surface area contributed by atoms with Crippen LogP contribution in [0.15, 0.2) is 23.4 Å². The number of rotatable bonds is 3. The summed E-state index contributed by atoms with van der Waals surface area (Å²) in [7, 11) is 1.45. The molecule has 2 rings (SSSR count). The Morgan fingerprint density at radius 3 is 2.80 bits per heavy atom. The zero-order chi connectivity index (χ0) is 14.7. The van der Waals surface area contributed by atoms with E-state index in [1.165, 1.54) is 13.1 Å². The van der Waals surface area contributed by atoms with E-state index in [2.05, 4.69) is 10.1 Å². The van der Waals surface area contributed by atoms with Crippen LogP contribution in [0.1, 0.15) is 24.5 Å². The Kier molecular flexibility index (Phi) is 3.84.